The number of fused-ring (bicyclic) bond motifs is 1. The molecule has 5 heterocycles. The van der Waals surface area contributed by atoms with Crippen LogP contribution in [0.3, 0.4) is 0 Å². The first kappa shape index (κ1) is 28.4. The van der Waals surface area contributed by atoms with Crippen molar-refractivity contribution in [3.05, 3.63) is 77.2 Å². The molecular formula is C31H28FN7O3S. The lowest BCUT2D eigenvalue weighted by Crippen LogP contribution is -2.43. The summed E-state index contributed by atoms with van der Waals surface area (Å²) in [4.78, 5) is 59.0. The molecule has 1 aliphatic heterocycles. The van der Waals surface area contributed by atoms with Crippen molar-refractivity contribution >= 4 is 39.7 Å². The van der Waals surface area contributed by atoms with Gasteiger partial charge in [-0.1, -0.05) is 6.07 Å². The number of amides is 1. The largest absolute Gasteiger partial charge is 0.328 e. The topological polar surface area (TPSA) is 124 Å². The van der Waals surface area contributed by atoms with E-state index in [9.17, 15) is 18.8 Å². The Morgan fingerprint density at radius 2 is 1.84 bits per heavy atom. The van der Waals surface area contributed by atoms with Gasteiger partial charge >= 0.3 is 0 Å². The van der Waals surface area contributed by atoms with E-state index < -0.39 is 18.1 Å². The standard InChI is InChI=1S/C31H28FN7O3S/c1-17-7-9-43-31(17)24-6-8-33-28(36-24)12-27(41)26-11-22(32)15-38(26)29(42)16-39-25-5-4-20(21-13-34-19(3)35-14-21)10-23(25)30(37-39)18(2)40/h4-10,13-14,22,26H,11-12,15-16H2,1-3H3/t22-,26+/m1/s1. The fourth-order valence-corrected chi connectivity index (χ4v) is 6.28. The Balaban J connectivity index is 1.23. The number of benzene rings is 1. The average molecular weight is 598 g/mol. The lowest BCUT2D eigenvalue weighted by Gasteiger charge is -2.23. The maximum absolute atomic E-state index is 14.7. The van der Waals surface area contributed by atoms with Crippen LogP contribution in [0.15, 0.2) is 54.3 Å². The predicted molar refractivity (Wildman–Crippen MR) is 159 cm³/mol. The highest BCUT2D eigenvalue weighted by atomic mass is 32.1. The first-order valence-corrected chi connectivity index (χ1v) is 14.7. The van der Waals surface area contributed by atoms with Gasteiger partial charge in [-0.05, 0) is 54.6 Å². The highest BCUT2D eigenvalue weighted by Gasteiger charge is 2.40. The quantitative estimate of drug-likeness (QED) is 0.238. The van der Waals surface area contributed by atoms with Crippen LogP contribution in [0.2, 0.25) is 0 Å². The zero-order valence-corrected chi connectivity index (χ0v) is 24.6. The molecule has 43 heavy (non-hydrogen) atoms. The monoisotopic (exact) mass is 597 g/mol. The van der Waals surface area contributed by atoms with E-state index >= 15 is 0 Å². The van der Waals surface area contributed by atoms with Crippen molar-refractivity contribution in [2.75, 3.05) is 6.54 Å². The van der Waals surface area contributed by atoms with E-state index in [1.54, 1.807) is 49.0 Å². The minimum atomic E-state index is -1.33. The molecule has 6 rings (SSSR count). The second kappa shape index (κ2) is 11.5. The average Bonchev–Trinajstić information content (AvgIpc) is 3.70. The molecule has 1 amide bonds. The van der Waals surface area contributed by atoms with E-state index in [1.165, 1.54) is 16.5 Å². The Morgan fingerprint density at radius 3 is 2.56 bits per heavy atom. The summed E-state index contributed by atoms with van der Waals surface area (Å²) in [5, 5.41) is 6.99. The molecule has 0 radical (unpaired) electrons. The molecule has 0 spiro atoms. The van der Waals surface area contributed by atoms with Gasteiger partial charge in [0, 0.05) is 42.9 Å². The minimum Gasteiger partial charge on any atom is -0.328 e. The van der Waals surface area contributed by atoms with Crippen LogP contribution < -0.4 is 0 Å². The number of aryl methyl sites for hydroxylation is 2. The second-order valence-electron chi connectivity index (χ2n) is 10.6. The van der Waals surface area contributed by atoms with Crippen molar-refractivity contribution in [3.8, 4) is 21.7 Å². The molecule has 1 saturated heterocycles. The van der Waals surface area contributed by atoms with Crippen LogP contribution in [0.25, 0.3) is 32.6 Å². The normalized spacial score (nSPS) is 16.6. The first-order chi connectivity index (χ1) is 20.7. The zero-order valence-electron chi connectivity index (χ0n) is 23.8. The molecule has 1 aromatic carbocycles. The molecule has 10 nitrogen and oxygen atoms in total. The van der Waals surface area contributed by atoms with Gasteiger partial charge in [0.2, 0.25) is 5.91 Å². The molecule has 2 atom stereocenters. The van der Waals surface area contributed by atoms with Gasteiger partial charge in [0.25, 0.3) is 0 Å². The minimum absolute atomic E-state index is 0.0885. The van der Waals surface area contributed by atoms with Gasteiger partial charge in [-0.15, -0.1) is 11.3 Å². The first-order valence-electron chi connectivity index (χ1n) is 13.8. The number of halogens is 1. The summed E-state index contributed by atoms with van der Waals surface area (Å²) in [7, 11) is 0. The highest BCUT2D eigenvalue weighted by molar-refractivity contribution is 7.13. The third kappa shape index (κ3) is 5.70. The summed E-state index contributed by atoms with van der Waals surface area (Å²) in [6, 6.07) is 8.28. The van der Waals surface area contributed by atoms with Gasteiger partial charge in [0.15, 0.2) is 11.6 Å². The number of aromatic nitrogens is 6. The van der Waals surface area contributed by atoms with E-state index in [1.807, 2.05) is 30.5 Å². The van der Waals surface area contributed by atoms with Crippen molar-refractivity contribution in [1.82, 2.24) is 34.6 Å². The van der Waals surface area contributed by atoms with Gasteiger partial charge in [-0.25, -0.2) is 24.3 Å². The van der Waals surface area contributed by atoms with Gasteiger partial charge in [-0.2, -0.15) is 5.10 Å². The number of hydrogen-bond donors (Lipinski definition) is 0. The molecule has 5 aromatic rings. The number of hydrogen-bond acceptors (Lipinski definition) is 9. The number of carbonyl (C=O) groups excluding carboxylic acids is 3. The number of Topliss-reactive ketones (excluding diaryl/α,β-unsaturated/α-hetero) is 2. The molecule has 1 fully saturated rings. The Labute approximate surface area is 250 Å². The van der Waals surface area contributed by atoms with E-state index in [0.29, 0.717) is 22.6 Å². The Hall–Kier alpha value is -4.71. The van der Waals surface area contributed by atoms with Crippen molar-refractivity contribution in [1.29, 1.82) is 0 Å². The fourth-order valence-electron chi connectivity index (χ4n) is 5.39. The van der Waals surface area contributed by atoms with Crippen molar-refractivity contribution in [2.45, 2.75) is 52.4 Å². The number of ketones is 2. The van der Waals surface area contributed by atoms with Gasteiger partial charge in [-0.3, -0.25) is 19.1 Å². The predicted octanol–water partition coefficient (Wildman–Crippen LogP) is 4.58. The lowest BCUT2D eigenvalue weighted by atomic mass is 10.0. The molecule has 0 aliphatic carbocycles. The van der Waals surface area contributed by atoms with E-state index in [0.717, 1.165) is 27.3 Å². The molecule has 12 heteroatoms. The number of alkyl halides is 1. The molecule has 0 saturated carbocycles. The summed E-state index contributed by atoms with van der Waals surface area (Å²) in [5.74, 6) is -0.0778. The SMILES string of the molecule is CC(=O)c1nn(CC(=O)N2C[C@H](F)C[C@H]2C(=O)Cc2nccc(-c3sccc3C)n2)c2ccc(-c3cnc(C)nc3)cc12. The third-order valence-corrected chi connectivity index (χ3v) is 8.60. The van der Waals surface area contributed by atoms with Crippen molar-refractivity contribution in [3.63, 3.8) is 0 Å². The van der Waals surface area contributed by atoms with E-state index in [2.05, 4.69) is 25.0 Å². The van der Waals surface area contributed by atoms with Crippen LogP contribution >= 0.6 is 11.3 Å². The maximum atomic E-state index is 14.7. The Bertz CT molecular complexity index is 1870. The number of carbonyl (C=O) groups is 3. The van der Waals surface area contributed by atoms with Gasteiger partial charge in [0.1, 0.15) is 30.1 Å². The Kier molecular flexibility index (Phi) is 7.61. The highest BCUT2D eigenvalue weighted by Crippen LogP contribution is 2.29. The zero-order chi connectivity index (χ0) is 30.2. The summed E-state index contributed by atoms with van der Waals surface area (Å²) in [6.07, 6.45) is 3.46. The summed E-state index contributed by atoms with van der Waals surface area (Å²) in [6.45, 7) is 4.75. The lowest BCUT2D eigenvalue weighted by molar-refractivity contribution is -0.138. The maximum Gasteiger partial charge on any atom is 0.245 e. The van der Waals surface area contributed by atoms with E-state index in [-0.39, 0.29) is 43.2 Å². The molecule has 4 aromatic heterocycles. The van der Waals surface area contributed by atoms with E-state index in [4.69, 9.17) is 0 Å². The number of thiophene rings is 1. The van der Waals surface area contributed by atoms with Crippen LogP contribution in [-0.2, 0) is 22.6 Å². The van der Waals surface area contributed by atoms with Crippen LogP contribution in [0.1, 0.15) is 41.0 Å². The summed E-state index contributed by atoms with van der Waals surface area (Å²) in [5.41, 5.74) is 4.16. The molecular weight excluding hydrogens is 569 g/mol. The fraction of sp³-hybridized carbons (Fsp3) is 0.290. The number of nitrogens with zero attached hydrogens (tertiary/aromatic N) is 7. The van der Waals surface area contributed by atoms with Crippen LogP contribution in [0.5, 0.6) is 0 Å². The molecule has 218 valence electrons. The van der Waals surface area contributed by atoms with Crippen LogP contribution in [0, 0.1) is 13.8 Å². The van der Waals surface area contributed by atoms with Crippen molar-refractivity contribution < 1.29 is 18.8 Å². The molecule has 0 unspecified atom stereocenters. The summed E-state index contributed by atoms with van der Waals surface area (Å²) >= 11 is 1.55. The molecule has 0 bridgehead atoms. The van der Waals surface area contributed by atoms with Gasteiger partial charge in [0.05, 0.1) is 35.1 Å². The van der Waals surface area contributed by atoms with Crippen LogP contribution in [0.4, 0.5) is 4.39 Å². The van der Waals surface area contributed by atoms with Crippen LogP contribution in [-0.4, -0.2) is 70.8 Å². The third-order valence-electron chi connectivity index (χ3n) is 7.56. The molecule has 0 N–H and O–H groups in total. The van der Waals surface area contributed by atoms with Gasteiger partial charge < -0.3 is 4.90 Å². The number of rotatable bonds is 8. The second-order valence-corrected chi connectivity index (χ2v) is 11.6. The smallest absolute Gasteiger partial charge is 0.245 e. The number of likely N-dealkylation sites (tertiary alicyclic amines) is 1. The Morgan fingerprint density at radius 1 is 1.05 bits per heavy atom. The molecule has 1 aliphatic rings. The summed E-state index contributed by atoms with van der Waals surface area (Å²) < 4.78 is 16.1. The van der Waals surface area contributed by atoms with Crippen molar-refractivity contribution in [2.24, 2.45) is 0 Å².